The SMILES string of the molecule is CCC(C)SCC(NC)C1CCc2cccnc21. The van der Waals surface area contributed by atoms with E-state index in [0.29, 0.717) is 12.0 Å². The number of hydrogen-bond acceptors (Lipinski definition) is 3. The summed E-state index contributed by atoms with van der Waals surface area (Å²) in [4.78, 5) is 4.61. The molecule has 0 saturated heterocycles. The molecule has 0 spiro atoms. The fourth-order valence-corrected chi connectivity index (χ4v) is 3.79. The Labute approximate surface area is 115 Å². The molecular weight excluding hydrogens is 240 g/mol. The first-order chi connectivity index (χ1) is 8.76. The van der Waals surface area contributed by atoms with E-state index in [1.807, 2.05) is 6.20 Å². The van der Waals surface area contributed by atoms with Gasteiger partial charge in [-0.1, -0.05) is 19.9 Å². The van der Waals surface area contributed by atoms with E-state index in [4.69, 9.17) is 0 Å². The zero-order valence-corrected chi connectivity index (χ0v) is 12.5. The lowest BCUT2D eigenvalue weighted by atomic mass is 9.98. The molecule has 0 aliphatic heterocycles. The Balaban J connectivity index is 2.01. The monoisotopic (exact) mass is 264 g/mol. The van der Waals surface area contributed by atoms with Crippen molar-refractivity contribution >= 4 is 11.8 Å². The average Bonchev–Trinajstić information content (AvgIpc) is 2.83. The molecule has 0 bridgehead atoms. The molecule has 2 nitrogen and oxygen atoms in total. The summed E-state index contributed by atoms with van der Waals surface area (Å²) < 4.78 is 0. The fourth-order valence-electron chi connectivity index (χ4n) is 2.62. The molecule has 18 heavy (non-hydrogen) atoms. The summed E-state index contributed by atoms with van der Waals surface area (Å²) in [6.45, 7) is 4.58. The number of likely N-dealkylation sites (N-methyl/N-ethyl adjacent to an activating group) is 1. The Morgan fingerprint density at radius 2 is 2.39 bits per heavy atom. The van der Waals surface area contributed by atoms with Gasteiger partial charge in [0.2, 0.25) is 0 Å². The number of thioether (sulfide) groups is 1. The average molecular weight is 264 g/mol. The largest absolute Gasteiger partial charge is 0.316 e. The van der Waals surface area contributed by atoms with Gasteiger partial charge in [0.15, 0.2) is 0 Å². The summed E-state index contributed by atoms with van der Waals surface area (Å²) in [6.07, 6.45) is 5.63. The highest BCUT2D eigenvalue weighted by Crippen LogP contribution is 2.35. The minimum absolute atomic E-state index is 0.556. The second-order valence-corrected chi connectivity index (χ2v) is 6.61. The number of pyridine rings is 1. The lowest BCUT2D eigenvalue weighted by molar-refractivity contribution is 0.491. The summed E-state index contributed by atoms with van der Waals surface area (Å²) in [5.74, 6) is 1.79. The molecule has 3 heteroatoms. The molecule has 100 valence electrons. The molecular formula is C15H24N2S. The number of hydrogen-bond donors (Lipinski definition) is 1. The Bertz CT molecular complexity index is 381. The Morgan fingerprint density at radius 3 is 3.11 bits per heavy atom. The van der Waals surface area contributed by atoms with Crippen molar-refractivity contribution in [3.63, 3.8) is 0 Å². The number of nitrogens with one attached hydrogen (secondary N) is 1. The maximum absolute atomic E-state index is 4.61. The van der Waals surface area contributed by atoms with Crippen LogP contribution in [0.2, 0.25) is 0 Å². The van der Waals surface area contributed by atoms with Gasteiger partial charge in [0.1, 0.15) is 0 Å². The highest BCUT2D eigenvalue weighted by molar-refractivity contribution is 7.99. The third-order valence-electron chi connectivity index (χ3n) is 3.99. The van der Waals surface area contributed by atoms with Gasteiger partial charge < -0.3 is 5.32 Å². The molecule has 0 saturated carbocycles. The number of aromatic nitrogens is 1. The van der Waals surface area contributed by atoms with Gasteiger partial charge in [-0.15, -0.1) is 0 Å². The van der Waals surface area contributed by atoms with Gasteiger partial charge in [-0.25, -0.2) is 0 Å². The number of aryl methyl sites for hydroxylation is 1. The van der Waals surface area contributed by atoms with Crippen molar-refractivity contribution in [2.45, 2.75) is 50.3 Å². The van der Waals surface area contributed by atoms with Crippen molar-refractivity contribution in [1.29, 1.82) is 0 Å². The van der Waals surface area contributed by atoms with Crippen LogP contribution in [-0.2, 0) is 6.42 Å². The first kappa shape index (κ1) is 13.9. The fraction of sp³-hybridized carbons (Fsp3) is 0.667. The van der Waals surface area contributed by atoms with Gasteiger partial charge in [0.25, 0.3) is 0 Å². The molecule has 0 fully saturated rings. The van der Waals surface area contributed by atoms with E-state index in [0.717, 1.165) is 5.25 Å². The second kappa shape index (κ2) is 6.58. The van der Waals surface area contributed by atoms with Gasteiger partial charge in [-0.05, 0) is 37.9 Å². The molecule has 1 aromatic heterocycles. The molecule has 1 heterocycles. The summed E-state index contributed by atoms with van der Waals surface area (Å²) in [5, 5.41) is 4.26. The predicted octanol–water partition coefficient (Wildman–Crippen LogP) is 3.23. The topological polar surface area (TPSA) is 24.9 Å². The van der Waals surface area contributed by atoms with E-state index in [1.54, 1.807) is 0 Å². The minimum Gasteiger partial charge on any atom is -0.316 e. The summed E-state index contributed by atoms with van der Waals surface area (Å²) in [5.41, 5.74) is 2.79. The first-order valence-corrected chi connectivity index (χ1v) is 8.03. The third-order valence-corrected chi connectivity index (χ3v) is 5.45. The standard InChI is InChI=1S/C15H24N2S/c1-4-11(2)18-10-14(16-3)13-8-7-12-6-5-9-17-15(12)13/h5-6,9,11,13-14,16H,4,7-8,10H2,1-3H3. The normalized spacial score (nSPS) is 21.6. The Hall–Kier alpha value is -0.540. The summed E-state index contributed by atoms with van der Waals surface area (Å²) in [6, 6.07) is 4.85. The van der Waals surface area contributed by atoms with Crippen LogP contribution in [0, 0.1) is 0 Å². The highest BCUT2D eigenvalue weighted by Gasteiger charge is 2.30. The van der Waals surface area contributed by atoms with E-state index in [9.17, 15) is 0 Å². The Morgan fingerprint density at radius 1 is 1.56 bits per heavy atom. The first-order valence-electron chi connectivity index (χ1n) is 6.98. The van der Waals surface area contributed by atoms with E-state index < -0.39 is 0 Å². The predicted molar refractivity (Wildman–Crippen MR) is 80.4 cm³/mol. The van der Waals surface area contributed by atoms with Crippen LogP contribution in [0.5, 0.6) is 0 Å². The van der Waals surface area contributed by atoms with Crippen molar-refractivity contribution in [3.8, 4) is 0 Å². The van der Waals surface area contributed by atoms with Gasteiger partial charge >= 0.3 is 0 Å². The molecule has 3 atom stereocenters. The summed E-state index contributed by atoms with van der Waals surface area (Å²) in [7, 11) is 2.09. The molecule has 1 aliphatic rings. The van der Waals surface area contributed by atoms with Crippen LogP contribution in [0.1, 0.15) is 43.9 Å². The Kier molecular flexibility index (Phi) is 5.07. The number of rotatable bonds is 6. The molecule has 3 unspecified atom stereocenters. The zero-order chi connectivity index (χ0) is 13.0. The van der Waals surface area contributed by atoms with Crippen LogP contribution in [-0.4, -0.2) is 29.1 Å². The van der Waals surface area contributed by atoms with Crippen LogP contribution in [0.25, 0.3) is 0 Å². The molecule has 1 aromatic rings. The molecule has 1 aliphatic carbocycles. The van der Waals surface area contributed by atoms with E-state index >= 15 is 0 Å². The van der Waals surface area contributed by atoms with Gasteiger partial charge in [-0.3, -0.25) is 4.98 Å². The minimum atomic E-state index is 0.556. The van der Waals surface area contributed by atoms with E-state index in [2.05, 4.69) is 55.1 Å². The van der Waals surface area contributed by atoms with Crippen molar-refractivity contribution < 1.29 is 0 Å². The number of fused-ring (bicyclic) bond motifs is 1. The van der Waals surface area contributed by atoms with Gasteiger partial charge in [-0.2, -0.15) is 11.8 Å². The number of nitrogens with zero attached hydrogens (tertiary/aromatic N) is 1. The maximum atomic E-state index is 4.61. The second-order valence-electron chi connectivity index (χ2n) is 5.14. The van der Waals surface area contributed by atoms with Crippen LogP contribution in [0.3, 0.4) is 0 Å². The van der Waals surface area contributed by atoms with Crippen molar-refractivity contribution in [3.05, 3.63) is 29.6 Å². The van der Waals surface area contributed by atoms with Crippen molar-refractivity contribution in [2.75, 3.05) is 12.8 Å². The lowest BCUT2D eigenvalue weighted by Crippen LogP contribution is -2.34. The molecule has 0 amide bonds. The van der Waals surface area contributed by atoms with Gasteiger partial charge in [0, 0.05) is 34.9 Å². The van der Waals surface area contributed by atoms with Crippen LogP contribution in [0.4, 0.5) is 0 Å². The van der Waals surface area contributed by atoms with Crippen LogP contribution < -0.4 is 5.32 Å². The third kappa shape index (κ3) is 3.07. The quantitative estimate of drug-likeness (QED) is 0.854. The molecule has 1 N–H and O–H groups in total. The smallest absolute Gasteiger partial charge is 0.0482 e. The maximum Gasteiger partial charge on any atom is 0.0482 e. The molecule has 0 aromatic carbocycles. The van der Waals surface area contributed by atoms with E-state index in [1.165, 1.54) is 36.3 Å². The van der Waals surface area contributed by atoms with Crippen molar-refractivity contribution in [2.24, 2.45) is 0 Å². The van der Waals surface area contributed by atoms with Gasteiger partial charge in [0.05, 0.1) is 0 Å². The summed E-state index contributed by atoms with van der Waals surface area (Å²) >= 11 is 2.08. The molecule has 0 radical (unpaired) electrons. The molecule has 2 rings (SSSR count). The van der Waals surface area contributed by atoms with Crippen LogP contribution >= 0.6 is 11.8 Å². The van der Waals surface area contributed by atoms with E-state index in [-0.39, 0.29) is 0 Å². The van der Waals surface area contributed by atoms with Crippen molar-refractivity contribution in [1.82, 2.24) is 10.3 Å². The zero-order valence-electron chi connectivity index (χ0n) is 11.6. The lowest BCUT2D eigenvalue weighted by Gasteiger charge is -2.24. The highest BCUT2D eigenvalue weighted by atomic mass is 32.2. The van der Waals surface area contributed by atoms with Crippen LogP contribution in [0.15, 0.2) is 18.3 Å².